The van der Waals surface area contributed by atoms with Crippen molar-refractivity contribution in [3.05, 3.63) is 12.7 Å². The highest BCUT2D eigenvalue weighted by atomic mass is 19.4. The zero-order chi connectivity index (χ0) is 27.5. The molecule has 0 heterocycles. The molecule has 0 saturated carbocycles. The van der Waals surface area contributed by atoms with E-state index < -0.39 is 60.2 Å². The molecular formula is C13H10F15NO4. The number of nitrogens with one attached hydrogen (secondary N) is 1. The lowest BCUT2D eigenvalue weighted by molar-refractivity contribution is -0.449. The predicted octanol–water partition coefficient (Wildman–Crippen LogP) is 4.69. The van der Waals surface area contributed by atoms with E-state index in [1.165, 1.54) is 0 Å². The molecule has 33 heavy (non-hydrogen) atoms. The minimum atomic E-state index is -8.43. The van der Waals surface area contributed by atoms with E-state index in [0.717, 1.165) is 13.0 Å². The number of aliphatic carboxylic acids is 1. The van der Waals surface area contributed by atoms with Crippen LogP contribution in [0.25, 0.3) is 0 Å². The SMILES string of the molecule is C=CC(=O)O.CCONC(=O)C(F)(F)C(F)(F)C(F)(F)C(F)(F)C(F)(F)C(F)(F)C(F)(F)F. The second-order valence-electron chi connectivity index (χ2n) is 5.35. The van der Waals surface area contributed by atoms with Crippen molar-refractivity contribution in [2.45, 2.75) is 48.6 Å². The van der Waals surface area contributed by atoms with Gasteiger partial charge in [0.1, 0.15) is 0 Å². The van der Waals surface area contributed by atoms with Gasteiger partial charge < -0.3 is 5.11 Å². The number of alkyl halides is 15. The van der Waals surface area contributed by atoms with Gasteiger partial charge in [0.25, 0.3) is 0 Å². The Morgan fingerprint density at radius 1 is 0.758 bits per heavy atom. The van der Waals surface area contributed by atoms with Crippen LogP contribution in [-0.2, 0) is 14.4 Å². The van der Waals surface area contributed by atoms with Crippen molar-refractivity contribution < 1.29 is 85.4 Å². The average Bonchev–Trinajstić information content (AvgIpc) is 2.64. The smallest absolute Gasteiger partial charge is 0.460 e. The second-order valence-corrected chi connectivity index (χ2v) is 5.35. The topological polar surface area (TPSA) is 75.6 Å². The van der Waals surface area contributed by atoms with Gasteiger partial charge in [0, 0.05) is 6.08 Å². The third kappa shape index (κ3) is 5.57. The lowest BCUT2D eigenvalue weighted by Gasteiger charge is -2.41. The molecule has 2 N–H and O–H groups in total. The highest BCUT2D eigenvalue weighted by Crippen LogP contribution is 2.62. The summed E-state index contributed by atoms with van der Waals surface area (Å²) < 4.78 is 192. The molecule has 0 aromatic carbocycles. The van der Waals surface area contributed by atoms with Crippen molar-refractivity contribution >= 4 is 11.9 Å². The van der Waals surface area contributed by atoms with Crippen LogP contribution in [0.1, 0.15) is 6.92 Å². The largest absolute Gasteiger partial charge is 0.478 e. The number of carbonyl (C=O) groups excluding carboxylic acids is 1. The summed E-state index contributed by atoms with van der Waals surface area (Å²) in [6.07, 6.45) is -6.85. The van der Waals surface area contributed by atoms with Crippen molar-refractivity contribution in [3.8, 4) is 0 Å². The Hall–Kier alpha value is -2.41. The van der Waals surface area contributed by atoms with Crippen LogP contribution >= 0.6 is 0 Å². The van der Waals surface area contributed by atoms with Gasteiger partial charge in [-0.05, 0) is 6.92 Å². The third-order valence-electron chi connectivity index (χ3n) is 3.10. The number of carbonyl (C=O) groups is 2. The van der Waals surface area contributed by atoms with Gasteiger partial charge in [-0.1, -0.05) is 6.58 Å². The Balaban J connectivity index is 0. The number of hydroxylamine groups is 1. The molecule has 0 aliphatic rings. The highest BCUT2D eigenvalue weighted by Gasteiger charge is 2.94. The summed E-state index contributed by atoms with van der Waals surface area (Å²) in [5.41, 5.74) is 0.333. The maximum absolute atomic E-state index is 13.2. The number of rotatable bonds is 9. The maximum atomic E-state index is 13.2. The molecule has 20 heteroatoms. The number of halogens is 15. The first-order chi connectivity index (χ1) is 14.3. The zero-order valence-electron chi connectivity index (χ0n) is 15.3. The number of carboxylic acid groups (broad SMARTS) is 1. The fourth-order valence-corrected chi connectivity index (χ4v) is 1.31. The molecule has 0 aliphatic heterocycles. The molecule has 0 unspecified atom stereocenters. The van der Waals surface area contributed by atoms with Crippen LogP contribution in [0.15, 0.2) is 12.7 Å². The fraction of sp³-hybridized carbons (Fsp3) is 0.692. The molecule has 0 aliphatic carbocycles. The Kier molecular flexibility index (Phi) is 9.77. The van der Waals surface area contributed by atoms with Gasteiger partial charge in [-0.15, -0.1) is 0 Å². The minimum absolute atomic E-state index is 0.333. The van der Waals surface area contributed by atoms with Crippen LogP contribution in [0, 0.1) is 0 Å². The van der Waals surface area contributed by atoms with E-state index in [9.17, 15) is 75.4 Å². The van der Waals surface area contributed by atoms with E-state index in [4.69, 9.17) is 5.11 Å². The Bertz CT molecular complexity index is 717. The highest BCUT2D eigenvalue weighted by molar-refractivity contribution is 5.84. The summed E-state index contributed by atoms with van der Waals surface area (Å²) >= 11 is 0. The molecule has 0 fully saturated rings. The van der Waals surface area contributed by atoms with Gasteiger partial charge in [0.2, 0.25) is 0 Å². The van der Waals surface area contributed by atoms with Gasteiger partial charge in [-0.3, -0.25) is 9.63 Å². The zero-order valence-corrected chi connectivity index (χ0v) is 15.3. The van der Waals surface area contributed by atoms with Crippen molar-refractivity contribution in [1.29, 1.82) is 0 Å². The molecule has 0 bridgehead atoms. The van der Waals surface area contributed by atoms with E-state index in [2.05, 4.69) is 11.4 Å². The van der Waals surface area contributed by atoms with Gasteiger partial charge in [0.05, 0.1) is 6.61 Å². The quantitative estimate of drug-likeness (QED) is 0.259. The summed E-state index contributed by atoms with van der Waals surface area (Å²) in [4.78, 5) is 23.5. The normalized spacial score (nSPS) is 14.2. The molecule has 0 aromatic heterocycles. The molecule has 5 nitrogen and oxygen atoms in total. The maximum Gasteiger partial charge on any atom is 0.460 e. The van der Waals surface area contributed by atoms with E-state index in [1.54, 1.807) is 0 Å². The van der Waals surface area contributed by atoms with Gasteiger partial charge in [-0.25, -0.2) is 10.3 Å². The third-order valence-corrected chi connectivity index (χ3v) is 3.10. The summed E-state index contributed by atoms with van der Waals surface area (Å²) in [6, 6.07) is 0. The van der Waals surface area contributed by atoms with Crippen LogP contribution < -0.4 is 5.48 Å². The Morgan fingerprint density at radius 3 is 1.33 bits per heavy atom. The lowest BCUT2D eigenvalue weighted by Crippen LogP contribution is -2.74. The predicted molar refractivity (Wildman–Crippen MR) is 73.3 cm³/mol. The van der Waals surface area contributed by atoms with Gasteiger partial charge >= 0.3 is 53.6 Å². The van der Waals surface area contributed by atoms with Crippen LogP contribution in [-0.4, -0.2) is 65.3 Å². The molecular weight excluding hydrogens is 519 g/mol. The lowest BCUT2D eigenvalue weighted by atomic mass is 9.91. The van der Waals surface area contributed by atoms with E-state index in [0.29, 0.717) is 5.48 Å². The van der Waals surface area contributed by atoms with Crippen LogP contribution in [0.5, 0.6) is 0 Å². The summed E-state index contributed by atoms with van der Waals surface area (Å²) in [5, 5.41) is 7.60. The van der Waals surface area contributed by atoms with Gasteiger partial charge in [0.15, 0.2) is 0 Å². The Labute approximate surface area is 172 Å². The van der Waals surface area contributed by atoms with Gasteiger partial charge in [-0.2, -0.15) is 65.9 Å². The number of amides is 1. The van der Waals surface area contributed by atoms with Crippen molar-refractivity contribution in [2.75, 3.05) is 6.61 Å². The number of hydrogen-bond donors (Lipinski definition) is 2. The molecule has 0 rings (SSSR count). The summed E-state index contributed by atoms with van der Waals surface area (Å²) in [6.45, 7) is 3.05. The molecule has 1 amide bonds. The first-order valence-electron chi connectivity index (χ1n) is 7.36. The second kappa shape index (κ2) is 9.84. The van der Waals surface area contributed by atoms with Crippen LogP contribution in [0.3, 0.4) is 0 Å². The standard InChI is InChI=1S/C10H6F15NO2.C3H4O2/c1-2-28-26-3(27)4(11,12)5(13,14)6(15,16)7(17,18)8(19,20)9(21,22)10(23,24)25;1-2-3(4)5/h2H2,1H3,(H,26,27);2H,1H2,(H,4,5). The molecule has 196 valence electrons. The fourth-order valence-electron chi connectivity index (χ4n) is 1.31. The average molecular weight is 529 g/mol. The van der Waals surface area contributed by atoms with Crippen molar-refractivity contribution in [2.24, 2.45) is 0 Å². The molecule has 0 radical (unpaired) electrons. The monoisotopic (exact) mass is 529 g/mol. The molecule has 0 spiro atoms. The van der Waals surface area contributed by atoms with E-state index in [1.807, 2.05) is 0 Å². The molecule has 0 aromatic rings. The minimum Gasteiger partial charge on any atom is -0.478 e. The van der Waals surface area contributed by atoms with Crippen LogP contribution in [0.2, 0.25) is 0 Å². The first-order valence-corrected chi connectivity index (χ1v) is 7.36. The number of carboxylic acids is 1. The summed E-state index contributed by atoms with van der Waals surface area (Å²) in [5.74, 6) is -52.7. The van der Waals surface area contributed by atoms with Crippen molar-refractivity contribution in [3.63, 3.8) is 0 Å². The molecule has 0 atom stereocenters. The first kappa shape index (κ1) is 32.8. The van der Waals surface area contributed by atoms with E-state index in [-0.39, 0.29) is 0 Å². The molecule has 0 saturated heterocycles. The summed E-state index contributed by atoms with van der Waals surface area (Å²) in [7, 11) is 0. The Morgan fingerprint density at radius 2 is 1.06 bits per heavy atom. The van der Waals surface area contributed by atoms with Crippen molar-refractivity contribution in [1.82, 2.24) is 5.48 Å². The number of hydrogen-bond acceptors (Lipinski definition) is 3. The van der Waals surface area contributed by atoms with E-state index >= 15 is 0 Å². The van der Waals surface area contributed by atoms with Crippen LogP contribution in [0.4, 0.5) is 65.9 Å².